The minimum Gasteiger partial charge on any atom is -0.505 e. The Morgan fingerprint density at radius 1 is 0.971 bits per heavy atom. The lowest BCUT2D eigenvalue weighted by Crippen LogP contribution is -2.23. The number of halogens is 1. The van der Waals surface area contributed by atoms with Crippen LogP contribution in [0.3, 0.4) is 0 Å². The molecule has 1 aliphatic rings. The predicted octanol–water partition coefficient (Wildman–Crippen LogP) is 4.88. The molecule has 0 radical (unpaired) electrons. The van der Waals surface area contributed by atoms with Gasteiger partial charge in [-0.2, -0.15) is 0 Å². The maximum absolute atomic E-state index is 13.7. The van der Waals surface area contributed by atoms with E-state index in [2.05, 4.69) is 0 Å². The van der Waals surface area contributed by atoms with Crippen molar-refractivity contribution in [3.05, 3.63) is 98.9 Å². The van der Waals surface area contributed by atoms with Gasteiger partial charge in [-0.3, -0.25) is 4.79 Å². The van der Waals surface area contributed by atoms with Gasteiger partial charge in [0.25, 0.3) is 5.56 Å². The fourth-order valence-corrected chi connectivity index (χ4v) is 4.96. The van der Waals surface area contributed by atoms with Gasteiger partial charge < -0.3 is 23.6 Å². The van der Waals surface area contributed by atoms with E-state index in [9.17, 15) is 19.1 Å². The highest BCUT2D eigenvalue weighted by molar-refractivity contribution is 7.99. The highest BCUT2D eigenvalue weighted by Gasteiger charge is 2.25. The van der Waals surface area contributed by atoms with E-state index in [-0.39, 0.29) is 29.2 Å². The third kappa shape index (κ3) is 3.60. The van der Waals surface area contributed by atoms with Gasteiger partial charge in [0.2, 0.25) is 6.79 Å². The van der Waals surface area contributed by atoms with Gasteiger partial charge >= 0.3 is 5.63 Å². The second-order valence-electron chi connectivity index (χ2n) is 7.93. The van der Waals surface area contributed by atoms with Crippen LogP contribution in [0.1, 0.15) is 5.56 Å². The molecule has 0 aliphatic carbocycles. The summed E-state index contributed by atoms with van der Waals surface area (Å²) in [6.07, 6.45) is 0. The quantitative estimate of drug-likeness (QED) is 0.360. The zero-order valence-corrected chi connectivity index (χ0v) is 18.8. The molecule has 0 spiro atoms. The van der Waals surface area contributed by atoms with E-state index in [0.29, 0.717) is 32.9 Å². The minimum absolute atomic E-state index is 0.0127. The van der Waals surface area contributed by atoms with Gasteiger partial charge in [-0.25, -0.2) is 9.18 Å². The molecule has 0 atom stereocenters. The molecule has 6 rings (SSSR count). The number of rotatable bonds is 4. The van der Waals surface area contributed by atoms with Crippen molar-refractivity contribution in [2.24, 2.45) is 0 Å². The van der Waals surface area contributed by atoms with Gasteiger partial charge in [0, 0.05) is 16.3 Å². The predicted molar refractivity (Wildman–Crippen MR) is 128 cm³/mol. The van der Waals surface area contributed by atoms with E-state index < -0.39 is 22.8 Å². The molecule has 7 nitrogen and oxygen atoms in total. The summed E-state index contributed by atoms with van der Waals surface area (Å²) in [4.78, 5) is 27.3. The molecule has 0 bridgehead atoms. The fourth-order valence-electron chi connectivity index (χ4n) is 4.10. The van der Waals surface area contributed by atoms with Crippen molar-refractivity contribution in [1.29, 1.82) is 0 Å². The zero-order chi connectivity index (χ0) is 24.1. The first kappa shape index (κ1) is 21.3. The number of pyridine rings is 1. The van der Waals surface area contributed by atoms with Gasteiger partial charge in [0.15, 0.2) is 22.8 Å². The fraction of sp³-hybridized carbons (Fsp3) is 0.0769. The number of ether oxygens (including phenoxy) is 2. The average Bonchev–Trinajstić information content (AvgIpc) is 3.32. The number of aromatic hydroxyl groups is 1. The normalized spacial score (nSPS) is 12.5. The zero-order valence-electron chi connectivity index (χ0n) is 18.0. The summed E-state index contributed by atoms with van der Waals surface area (Å²) in [6, 6.07) is 18.0. The van der Waals surface area contributed by atoms with Crippen LogP contribution in [0.5, 0.6) is 17.2 Å². The number of benzene rings is 3. The maximum atomic E-state index is 13.7. The second-order valence-corrected chi connectivity index (χ2v) is 9.01. The number of nitrogens with zero attached hydrogens (tertiary/aromatic N) is 1. The van der Waals surface area contributed by atoms with Gasteiger partial charge in [-0.05, 0) is 35.9 Å². The third-order valence-electron chi connectivity index (χ3n) is 5.76. The van der Waals surface area contributed by atoms with Crippen molar-refractivity contribution in [2.75, 3.05) is 6.79 Å². The summed E-state index contributed by atoms with van der Waals surface area (Å²) >= 11 is 1.01. The molecule has 0 saturated heterocycles. The molecule has 174 valence electrons. The molecule has 35 heavy (non-hydrogen) atoms. The van der Waals surface area contributed by atoms with Crippen LogP contribution in [0.15, 0.2) is 90.5 Å². The highest BCUT2D eigenvalue weighted by atomic mass is 32.2. The Balaban J connectivity index is 1.65. The summed E-state index contributed by atoms with van der Waals surface area (Å²) in [6.45, 7) is 0.101. The first-order chi connectivity index (χ1) is 17.0. The maximum Gasteiger partial charge on any atom is 0.354 e. The largest absolute Gasteiger partial charge is 0.505 e. The lowest BCUT2D eigenvalue weighted by Gasteiger charge is -2.15. The van der Waals surface area contributed by atoms with Crippen LogP contribution in [0.2, 0.25) is 0 Å². The summed E-state index contributed by atoms with van der Waals surface area (Å²) in [5.41, 5.74) is -0.284. The highest BCUT2D eigenvalue weighted by Crippen LogP contribution is 2.41. The molecule has 3 aromatic carbocycles. The van der Waals surface area contributed by atoms with Crippen molar-refractivity contribution < 1.29 is 23.4 Å². The Hall–Kier alpha value is -4.24. The monoisotopic (exact) mass is 489 g/mol. The SMILES string of the molecule is O=c1oc2c(c(O)c1Sc1ccccc1)c(=O)n(Cc1ccc(F)cc1)c1cc3c(cc21)OCO3. The number of hydrogen-bond donors (Lipinski definition) is 1. The van der Waals surface area contributed by atoms with Gasteiger partial charge in [0.1, 0.15) is 16.1 Å². The molecule has 5 aromatic rings. The molecule has 0 unspecified atom stereocenters. The molecule has 3 heterocycles. The Bertz CT molecular complexity index is 1730. The topological polar surface area (TPSA) is 90.9 Å². The van der Waals surface area contributed by atoms with Gasteiger partial charge in [-0.15, -0.1) is 0 Å². The van der Waals surface area contributed by atoms with Gasteiger partial charge in [0.05, 0.1) is 12.1 Å². The molecular weight excluding hydrogens is 473 g/mol. The summed E-state index contributed by atoms with van der Waals surface area (Å²) in [7, 11) is 0. The number of fused-ring (bicyclic) bond motifs is 4. The minimum atomic E-state index is -0.765. The molecule has 2 aromatic heterocycles. The van der Waals surface area contributed by atoms with Crippen molar-refractivity contribution in [3.8, 4) is 17.2 Å². The van der Waals surface area contributed by atoms with Crippen molar-refractivity contribution in [2.45, 2.75) is 16.3 Å². The van der Waals surface area contributed by atoms with Crippen molar-refractivity contribution >= 4 is 33.6 Å². The molecule has 0 fully saturated rings. The second kappa shape index (κ2) is 8.21. The van der Waals surface area contributed by atoms with Crippen LogP contribution in [0.4, 0.5) is 4.39 Å². The van der Waals surface area contributed by atoms with Crippen molar-refractivity contribution in [1.82, 2.24) is 4.57 Å². The summed E-state index contributed by atoms with van der Waals surface area (Å²) < 4.78 is 31.5. The van der Waals surface area contributed by atoms with Crippen molar-refractivity contribution in [3.63, 3.8) is 0 Å². The van der Waals surface area contributed by atoms with Crippen LogP contribution >= 0.6 is 11.8 Å². The lowest BCUT2D eigenvalue weighted by molar-refractivity contribution is 0.174. The van der Waals surface area contributed by atoms with Crippen LogP contribution in [0, 0.1) is 5.82 Å². The Kier molecular flexibility index (Phi) is 5.00. The van der Waals surface area contributed by atoms with E-state index in [0.717, 1.165) is 11.8 Å². The van der Waals surface area contributed by atoms with Crippen LogP contribution < -0.4 is 20.7 Å². The molecule has 0 saturated carbocycles. The Morgan fingerprint density at radius 3 is 2.43 bits per heavy atom. The number of aromatic nitrogens is 1. The van der Waals surface area contributed by atoms with Crippen LogP contribution in [-0.4, -0.2) is 16.5 Å². The first-order valence-corrected chi connectivity index (χ1v) is 11.4. The smallest absolute Gasteiger partial charge is 0.354 e. The Labute approximate surface area is 201 Å². The molecule has 9 heteroatoms. The van der Waals surface area contributed by atoms with Gasteiger partial charge in [-0.1, -0.05) is 42.1 Å². The summed E-state index contributed by atoms with van der Waals surface area (Å²) in [5.74, 6) is 0.0138. The van der Waals surface area contributed by atoms with E-state index >= 15 is 0 Å². The average molecular weight is 489 g/mol. The number of hydrogen-bond acceptors (Lipinski definition) is 7. The van der Waals surface area contributed by atoms with E-state index in [4.69, 9.17) is 13.9 Å². The summed E-state index contributed by atoms with van der Waals surface area (Å²) in [5, 5.41) is 11.4. The van der Waals surface area contributed by atoms with E-state index in [1.54, 1.807) is 48.5 Å². The van der Waals surface area contributed by atoms with Crippen LogP contribution in [-0.2, 0) is 6.54 Å². The first-order valence-electron chi connectivity index (χ1n) is 10.6. The van der Waals surface area contributed by atoms with Crippen LogP contribution in [0.25, 0.3) is 21.9 Å². The molecule has 1 N–H and O–H groups in total. The standard InChI is InChI=1S/C26H16FNO6S/c27-15-8-6-14(7-9-15)12-28-18-11-20-19(32-13-33-20)10-17(18)23-21(25(28)30)22(29)24(26(31)34-23)35-16-4-2-1-3-5-16/h1-11,29H,12-13H2. The molecule has 0 amide bonds. The van der Waals surface area contributed by atoms with E-state index in [1.165, 1.54) is 16.7 Å². The lowest BCUT2D eigenvalue weighted by atomic mass is 10.1. The molecule has 1 aliphatic heterocycles. The van der Waals surface area contributed by atoms with E-state index in [1.807, 2.05) is 6.07 Å². The molecular formula is C26H16FNO6S. The third-order valence-corrected chi connectivity index (χ3v) is 6.83. The Morgan fingerprint density at radius 2 is 1.69 bits per heavy atom.